The molecule has 0 aliphatic rings. The van der Waals surface area contributed by atoms with Gasteiger partial charge in [-0.15, -0.1) is 0 Å². The molecule has 0 aliphatic heterocycles. The molecule has 1 aromatic rings. The Hall–Kier alpha value is -0.830. The number of nitrogens with zero attached hydrogens (tertiary/aromatic N) is 1. The zero-order valence-electron chi connectivity index (χ0n) is 6.92. The number of rotatable bonds is 2. The molecule has 12 heavy (non-hydrogen) atoms. The van der Waals surface area contributed by atoms with E-state index in [9.17, 15) is 0 Å². The van der Waals surface area contributed by atoms with Gasteiger partial charge in [-0.25, -0.2) is 4.99 Å². The SMILES string of the molecule is CCC(N)=Nc1ccc(Br)cc1. The number of hydrogen-bond donors (Lipinski definition) is 1. The van der Waals surface area contributed by atoms with Crippen LogP contribution in [-0.2, 0) is 0 Å². The first-order valence-corrected chi connectivity index (χ1v) is 4.60. The maximum absolute atomic E-state index is 5.58. The van der Waals surface area contributed by atoms with Crippen molar-refractivity contribution in [2.24, 2.45) is 10.7 Å². The zero-order chi connectivity index (χ0) is 8.97. The average Bonchev–Trinajstić information content (AvgIpc) is 2.09. The first kappa shape index (κ1) is 9.26. The molecule has 64 valence electrons. The monoisotopic (exact) mass is 226 g/mol. The van der Waals surface area contributed by atoms with Crippen molar-refractivity contribution in [1.82, 2.24) is 0 Å². The first-order valence-electron chi connectivity index (χ1n) is 3.81. The smallest absolute Gasteiger partial charge is 0.0993 e. The molecule has 0 aliphatic carbocycles. The second kappa shape index (κ2) is 4.26. The molecule has 0 atom stereocenters. The van der Waals surface area contributed by atoms with E-state index in [-0.39, 0.29) is 0 Å². The van der Waals surface area contributed by atoms with E-state index in [1.165, 1.54) is 0 Å². The Bertz CT molecular complexity index is 277. The lowest BCUT2D eigenvalue weighted by Gasteiger charge is -1.96. The molecular formula is C9H11BrN2. The predicted octanol–water partition coefficient (Wildman–Crippen LogP) is 2.85. The van der Waals surface area contributed by atoms with Crippen LogP contribution < -0.4 is 5.73 Å². The maximum atomic E-state index is 5.58. The van der Waals surface area contributed by atoms with Gasteiger partial charge in [0.15, 0.2) is 0 Å². The van der Waals surface area contributed by atoms with E-state index in [0.717, 1.165) is 16.6 Å². The van der Waals surface area contributed by atoms with Crippen molar-refractivity contribution in [3.05, 3.63) is 28.7 Å². The predicted molar refractivity (Wildman–Crippen MR) is 55.7 cm³/mol. The minimum absolute atomic E-state index is 0.664. The Labute approximate surface area is 80.6 Å². The Balaban J connectivity index is 2.84. The standard InChI is InChI=1S/C9H11BrN2/c1-2-9(11)12-8-5-3-7(10)4-6-8/h3-6H,2H2,1H3,(H2,11,12). The molecule has 0 aromatic heterocycles. The van der Waals surface area contributed by atoms with Gasteiger partial charge < -0.3 is 5.73 Å². The first-order chi connectivity index (χ1) is 5.72. The highest BCUT2D eigenvalue weighted by molar-refractivity contribution is 9.10. The van der Waals surface area contributed by atoms with Gasteiger partial charge >= 0.3 is 0 Å². The van der Waals surface area contributed by atoms with Gasteiger partial charge in [-0.3, -0.25) is 0 Å². The van der Waals surface area contributed by atoms with Crippen LogP contribution in [0.5, 0.6) is 0 Å². The third-order valence-electron chi connectivity index (χ3n) is 1.46. The molecule has 0 amide bonds. The Morgan fingerprint density at radius 2 is 2.00 bits per heavy atom. The molecule has 0 spiro atoms. The molecule has 0 unspecified atom stereocenters. The summed E-state index contributed by atoms with van der Waals surface area (Å²) in [5.74, 6) is 0.664. The van der Waals surface area contributed by atoms with Gasteiger partial charge in [-0.1, -0.05) is 22.9 Å². The number of benzene rings is 1. The van der Waals surface area contributed by atoms with E-state index in [4.69, 9.17) is 5.73 Å². The Morgan fingerprint density at radius 3 is 2.50 bits per heavy atom. The lowest BCUT2D eigenvalue weighted by atomic mass is 10.3. The fraction of sp³-hybridized carbons (Fsp3) is 0.222. The Morgan fingerprint density at radius 1 is 1.42 bits per heavy atom. The van der Waals surface area contributed by atoms with Crippen molar-refractivity contribution < 1.29 is 0 Å². The summed E-state index contributed by atoms with van der Waals surface area (Å²) >= 11 is 3.35. The Kier molecular flexibility index (Phi) is 3.29. The van der Waals surface area contributed by atoms with Gasteiger partial charge in [-0.05, 0) is 24.3 Å². The van der Waals surface area contributed by atoms with Gasteiger partial charge in [0.05, 0.1) is 11.5 Å². The average molecular weight is 227 g/mol. The molecule has 0 fully saturated rings. The van der Waals surface area contributed by atoms with Crippen LogP contribution in [0.4, 0.5) is 5.69 Å². The summed E-state index contributed by atoms with van der Waals surface area (Å²) in [7, 11) is 0. The van der Waals surface area contributed by atoms with Crippen molar-refractivity contribution in [2.45, 2.75) is 13.3 Å². The number of nitrogens with two attached hydrogens (primary N) is 1. The van der Waals surface area contributed by atoms with Crippen LogP contribution in [0.15, 0.2) is 33.7 Å². The minimum Gasteiger partial charge on any atom is -0.387 e. The van der Waals surface area contributed by atoms with Crippen LogP contribution >= 0.6 is 15.9 Å². The van der Waals surface area contributed by atoms with Crippen LogP contribution in [0.1, 0.15) is 13.3 Å². The van der Waals surface area contributed by atoms with Crippen molar-refractivity contribution >= 4 is 27.5 Å². The summed E-state index contributed by atoms with van der Waals surface area (Å²) in [5, 5.41) is 0. The number of amidine groups is 1. The molecule has 0 saturated heterocycles. The lowest BCUT2D eigenvalue weighted by Crippen LogP contribution is -2.08. The van der Waals surface area contributed by atoms with E-state index < -0.39 is 0 Å². The third-order valence-corrected chi connectivity index (χ3v) is 1.99. The van der Waals surface area contributed by atoms with Crippen molar-refractivity contribution in [3.8, 4) is 0 Å². The van der Waals surface area contributed by atoms with Crippen LogP contribution in [0.3, 0.4) is 0 Å². The number of hydrogen-bond acceptors (Lipinski definition) is 1. The molecule has 0 saturated carbocycles. The topological polar surface area (TPSA) is 38.4 Å². The highest BCUT2D eigenvalue weighted by atomic mass is 79.9. The summed E-state index contributed by atoms with van der Waals surface area (Å²) in [6.45, 7) is 1.98. The molecule has 1 rings (SSSR count). The van der Waals surface area contributed by atoms with Crippen molar-refractivity contribution in [1.29, 1.82) is 0 Å². The fourth-order valence-corrected chi connectivity index (χ4v) is 1.02. The third kappa shape index (κ3) is 2.66. The van der Waals surface area contributed by atoms with Crippen LogP contribution in [0.25, 0.3) is 0 Å². The van der Waals surface area contributed by atoms with E-state index in [0.29, 0.717) is 5.84 Å². The van der Waals surface area contributed by atoms with E-state index in [1.54, 1.807) is 0 Å². The van der Waals surface area contributed by atoms with Crippen LogP contribution in [0, 0.1) is 0 Å². The maximum Gasteiger partial charge on any atom is 0.0993 e. The quantitative estimate of drug-likeness (QED) is 0.612. The molecule has 2 N–H and O–H groups in total. The summed E-state index contributed by atoms with van der Waals surface area (Å²) in [5.41, 5.74) is 6.48. The summed E-state index contributed by atoms with van der Waals surface area (Å²) in [6, 6.07) is 7.74. The van der Waals surface area contributed by atoms with E-state index in [2.05, 4.69) is 20.9 Å². The van der Waals surface area contributed by atoms with Crippen molar-refractivity contribution in [2.75, 3.05) is 0 Å². The van der Waals surface area contributed by atoms with Crippen LogP contribution in [-0.4, -0.2) is 5.84 Å². The normalized spacial score (nSPS) is 11.7. The van der Waals surface area contributed by atoms with Crippen molar-refractivity contribution in [3.63, 3.8) is 0 Å². The molecule has 0 bridgehead atoms. The largest absolute Gasteiger partial charge is 0.387 e. The van der Waals surface area contributed by atoms with Gasteiger partial charge in [0.25, 0.3) is 0 Å². The van der Waals surface area contributed by atoms with Gasteiger partial charge in [0.1, 0.15) is 0 Å². The highest BCUT2D eigenvalue weighted by Crippen LogP contribution is 2.16. The van der Waals surface area contributed by atoms with Crippen LogP contribution in [0.2, 0.25) is 0 Å². The van der Waals surface area contributed by atoms with Gasteiger partial charge in [0, 0.05) is 10.9 Å². The molecule has 3 heteroatoms. The summed E-state index contributed by atoms with van der Waals surface area (Å²) in [4.78, 5) is 4.19. The van der Waals surface area contributed by atoms with Gasteiger partial charge in [-0.2, -0.15) is 0 Å². The molecule has 2 nitrogen and oxygen atoms in total. The molecule has 1 aromatic carbocycles. The number of halogens is 1. The molecular weight excluding hydrogens is 216 g/mol. The van der Waals surface area contributed by atoms with Gasteiger partial charge in [0.2, 0.25) is 0 Å². The molecule has 0 radical (unpaired) electrons. The lowest BCUT2D eigenvalue weighted by molar-refractivity contribution is 1.24. The summed E-state index contributed by atoms with van der Waals surface area (Å²) < 4.78 is 1.05. The second-order valence-corrected chi connectivity index (χ2v) is 3.35. The number of aliphatic imine (C=N–C) groups is 1. The van der Waals surface area contributed by atoms with E-state index >= 15 is 0 Å². The second-order valence-electron chi connectivity index (χ2n) is 2.43. The minimum atomic E-state index is 0.664. The summed E-state index contributed by atoms with van der Waals surface area (Å²) in [6.07, 6.45) is 0.788. The molecule has 0 heterocycles. The van der Waals surface area contributed by atoms with E-state index in [1.807, 2.05) is 31.2 Å². The highest BCUT2D eigenvalue weighted by Gasteiger charge is 1.90. The zero-order valence-corrected chi connectivity index (χ0v) is 8.51. The fourth-order valence-electron chi connectivity index (χ4n) is 0.761.